The number of carbonyl (C=O) groups excluding carboxylic acids is 1. The van der Waals surface area contributed by atoms with Gasteiger partial charge >= 0.3 is 0 Å². The number of para-hydroxylation sites is 1. The molecule has 1 fully saturated rings. The summed E-state index contributed by atoms with van der Waals surface area (Å²) in [5.41, 5.74) is 2.21. The van der Waals surface area contributed by atoms with Gasteiger partial charge in [-0.3, -0.25) is 9.69 Å². The third-order valence-corrected chi connectivity index (χ3v) is 4.86. The number of hydrogen-bond acceptors (Lipinski definition) is 3. The van der Waals surface area contributed by atoms with Crippen LogP contribution < -0.4 is 10.2 Å². The van der Waals surface area contributed by atoms with Crippen molar-refractivity contribution in [2.75, 3.05) is 44.2 Å². The molecule has 0 spiro atoms. The van der Waals surface area contributed by atoms with Gasteiger partial charge in [0.1, 0.15) is 5.82 Å². The molecule has 0 bridgehead atoms. The molecule has 138 valence electrons. The van der Waals surface area contributed by atoms with E-state index in [4.69, 9.17) is 0 Å². The van der Waals surface area contributed by atoms with Crippen molar-refractivity contribution in [3.63, 3.8) is 0 Å². The molecule has 1 aliphatic heterocycles. The maximum absolute atomic E-state index is 13.5. The molecule has 2 aromatic carbocycles. The van der Waals surface area contributed by atoms with E-state index in [-0.39, 0.29) is 11.7 Å². The topological polar surface area (TPSA) is 35.6 Å². The van der Waals surface area contributed by atoms with Crippen molar-refractivity contribution in [1.82, 2.24) is 10.2 Å². The highest BCUT2D eigenvalue weighted by Crippen LogP contribution is 2.15. The van der Waals surface area contributed by atoms with Gasteiger partial charge in [0.2, 0.25) is 0 Å². The Morgan fingerprint density at radius 1 is 1.08 bits per heavy atom. The lowest BCUT2D eigenvalue weighted by Gasteiger charge is -2.36. The van der Waals surface area contributed by atoms with E-state index >= 15 is 0 Å². The molecule has 0 radical (unpaired) electrons. The molecule has 5 heteroatoms. The van der Waals surface area contributed by atoms with Crippen molar-refractivity contribution < 1.29 is 9.18 Å². The van der Waals surface area contributed by atoms with Crippen molar-refractivity contribution >= 4 is 11.6 Å². The van der Waals surface area contributed by atoms with Crippen molar-refractivity contribution in [3.8, 4) is 0 Å². The fraction of sp³-hybridized carbons (Fsp3) is 0.381. The number of rotatable bonds is 6. The highest BCUT2D eigenvalue weighted by atomic mass is 19.1. The van der Waals surface area contributed by atoms with E-state index in [0.717, 1.165) is 39.1 Å². The lowest BCUT2D eigenvalue weighted by molar-refractivity contribution is 0.0951. The van der Waals surface area contributed by atoms with Crippen molar-refractivity contribution in [1.29, 1.82) is 0 Å². The standard InChI is InChI=1S/C21H26FN3O/c1-17-8-9-18(16-20(17)22)21(26)23-10-5-11-24-12-14-25(15-13-24)19-6-3-2-4-7-19/h2-4,6-9,16H,5,10-15H2,1H3,(H,23,26). The monoisotopic (exact) mass is 355 g/mol. The summed E-state index contributed by atoms with van der Waals surface area (Å²) in [6.07, 6.45) is 0.894. The second-order valence-electron chi connectivity index (χ2n) is 6.74. The molecule has 0 aromatic heterocycles. The minimum atomic E-state index is -0.339. The number of nitrogens with one attached hydrogen (secondary N) is 1. The first-order valence-electron chi connectivity index (χ1n) is 9.20. The van der Waals surface area contributed by atoms with Crippen LogP contribution in [0.3, 0.4) is 0 Å². The molecule has 4 nitrogen and oxygen atoms in total. The molecule has 26 heavy (non-hydrogen) atoms. The van der Waals surface area contributed by atoms with Crippen LogP contribution in [0.2, 0.25) is 0 Å². The predicted molar refractivity (Wildman–Crippen MR) is 103 cm³/mol. The summed E-state index contributed by atoms with van der Waals surface area (Å²) in [6, 6.07) is 15.1. The van der Waals surface area contributed by atoms with Crippen LogP contribution in [0.5, 0.6) is 0 Å². The van der Waals surface area contributed by atoms with Crippen LogP contribution in [-0.4, -0.2) is 50.1 Å². The third kappa shape index (κ3) is 4.82. The first-order chi connectivity index (χ1) is 12.6. The van der Waals surface area contributed by atoms with Crippen LogP contribution in [0.25, 0.3) is 0 Å². The molecule has 1 amide bonds. The molecular formula is C21H26FN3O. The van der Waals surface area contributed by atoms with Gasteiger partial charge in [0.15, 0.2) is 0 Å². The summed E-state index contributed by atoms with van der Waals surface area (Å²) >= 11 is 0. The molecule has 1 heterocycles. The van der Waals surface area contributed by atoms with Gasteiger partial charge in [-0.25, -0.2) is 4.39 Å². The Morgan fingerprint density at radius 3 is 2.50 bits per heavy atom. The Balaban J connectivity index is 1.35. The number of carbonyl (C=O) groups is 1. The fourth-order valence-corrected chi connectivity index (χ4v) is 3.21. The summed E-state index contributed by atoms with van der Waals surface area (Å²) in [4.78, 5) is 16.9. The van der Waals surface area contributed by atoms with E-state index in [2.05, 4.69) is 39.4 Å². The number of aryl methyl sites for hydroxylation is 1. The molecule has 0 aliphatic carbocycles. The number of hydrogen-bond donors (Lipinski definition) is 1. The lowest BCUT2D eigenvalue weighted by atomic mass is 10.1. The van der Waals surface area contributed by atoms with Gasteiger partial charge in [0, 0.05) is 44.0 Å². The largest absolute Gasteiger partial charge is 0.369 e. The smallest absolute Gasteiger partial charge is 0.251 e. The maximum atomic E-state index is 13.5. The van der Waals surface area contributed by atoms with Gasteiger partial charge < -0.3 is 10.2 Å². The maximum Gasteiger partial charge on any atom is 0.251 e. The summed E-state index contributed by atoms with van der Waals surface area (Å²) in [6.45, 7) is 7.38. The number of halogens is 1. The molecule has 0 unspecified atom stereocenters. The Bertz CT molecular complexity index is 727. The van der Waals surface area contributed by atoms with E-state index in [1.54, 1.807) is 19.1 Å². The molecule has 1 aliphatic rings. The second kappa shape index (κ2) is 8.81. The average Bonchev–Trinajstić information content (AvgIpc) is 2.68. The zero-order chi connectivity index (χ0) is 18.4. The molecule has 0 saturated carbocycles. The second-order valence-corrected chi connectivity index (χ2v) is 6.74. The summed E-state index contributed by atoms with van der Waals surface area (Å²) in [7, 11) is 0. The van der Waals surface area contributed by atoms with Gasteiger partial charge in [-0.15, -0.1) is 0 Å². The summed E-state index contributed by atoms with van der Waals surface area (Å²) < 4.78 is 13.5. The molecule has 2 aromatic rings. The number of piperazine rings is 1. The molecule has 3 rings (SSSR count). The van der Waals surface area contributed by atoms with Gasteiger partial charge in [-0.05, 0) is 49.7 Å². The number of nitrogens with zero attached hydrogens (tertiary/aromatic N) is 2. The van der Waals surface area contributed by atoms with Crippen LogP contribution in [0.15, 0.2) is 48.5 Å². The molecule has 1 N–H and O–H groups in total. The van der Waals surface area contributed by atoms with E-state index in [0.29, 0.717) is 17.7 Å². The minimum absolute atomic E-state index is 0.210. The molecular weight excluding hydrogens is 329 g/mol. The van der Waals surface area contributed by atoms with Crippen molar-refractivity contribution in [2.24, 2.45) is 0 Å². The van der Waals surface area contributed by atoms with Crippen LogP contribution in [0, 0.1) is 12.7 Å². The third-order valence-electron chi connectivity index (χ3n) is 4.86. The normalized spacial score (nSPS) is 15.1. The van der Waals surface area contributed by atoms with Crippen LogP contribution >= 0.6 is 0 Å². The lowest BCUT2D eigenvalue weighted by Crippen LogP contribution is -2.47. The number of amides is 1. The van der Waals surface area contributed by atoms with E-state index in [1.165, 1.54) is 11.8 Å². The van der Waals surface area contributed by atoms with E-state index in [1.807, 2.05) is 6.07 Å². The Kier molecular flexibility index (Phi) is 6.23. The van der Waals surface area contributed by atoms with Crippen LogP contribution in [0.1, 0.15) is 22.3 Å². The Morgan fingerprint density at radius 2 is 1.81 bits per heavy atom. The van der Waals surface area contributed by atoms with Gasteiger partial charge in [-0.1, -0.05) is 24.3 Å². The highest BCUT2D eigenvalue weighted by molar-refractivity contribution is 5.94. The summed E-state index contributed by atoms with van der Waals surface area (Å²) in [5, 5.41) is 2.88. The minimum Gasteiger partial charge on any atom is -0.369 e. The quantitative estimate of drug-likeness (QED) is 0.809. The van der Waals surface area contributed by atoms with E-state index in [9.17, 15) is 9.18 Å². The highest BCUT2D eigenvalue weighted by Gasteiger charge is 2.16. The van der Waals surface area contributed by atoms with Crippen LogP contribution in [0.4, 0.5) is 10.1 Å². The van der Waals surface area contributed by atoms with Crippen LogP contribution in [-0.2, 0) is 0 Å². The van der Waals surface area contributed by atoms with Gasteiger partial charge in [0.25, 0.3) is 5.91 Å². The zero-order valence-electron chi connectivity index (χ0n) is 15.2. The van der Waals surface area contributed by atoms with Crippen molar-refractivity contribution in [3.05, 3.63) is 65.5 Å². The Labute approximate surface area is 154 Å². The SMILES string of the molecule is Cc1ccc(C(=O)NCCCN2CCN(c3ccccc3)CC2)cc1F. The number of benzene rings is 2. The first kappa shape index (κ1) is 18.4. The van der Waals surface area contributed by atoms with E-state index < -0.39 is 0 Å². The van der Waals surface area contributed by atoms with Crippen molar-refractivity contribution in [2.45, 2.75) is 13.3 Å². The van der Waals surface area contributed by atoms with Gasteiger partial charge in [-0.2, -0.15) is 0 Å². The number of anilines is 1. The predicted octanol–water partition coefficient (Wildman–Crippen LogP) is 3.08. The van der Waals surface area contributed by atoms with Gasteiger partial charge in [0.05, 0.1) is 0 Å². The molecule has 0 atom stereocenters. The Hall–Kier alpha value is -2.40. The zero-order valence-corrected chi connectivity index (χ0v) is 15.2. The fourth-order valence-electron chi connectivity index (χ4n) is 3.21. The average molecular weight is 355 g/mol. The summed E-state index contributed by atoms with van der Waals surface area (Å²) in [5.74, 6) is -0.549. The molecule has 1 saturated heterocycles. The first-order valence-corrected chi connectivity index (χ1v) is 9.20.